The lowest BCUT2D eigenvalue weighted by atomic mass is 10.2. The Morgan fingerprint density at radius 1 is 1.26 bits per heavy atom. The molecule has 1 atom stereocenters. The van der Waals surface area contributed by atoms with E-state index in [4.69, 9.17) is 16.3 Å². The molecular formula is C24H22ClN3O2S. The Hall–Kier alpha value is -2.83. The van der Waals surface area contributed by atoms with Crippen molar-refractivity contribution in [2.24, 2.45) is 4.99 Å². The monoisotopic (exact) mass is 451 g/mol. The molecule has 0 bridgehead atoms. The Balaban J connectivity index is 1.58. The smallest absolute Gasteiger partial charge is 0.266 e. The highest BCUT2D eigenvalue weighted by Gasteiger charge is 2.30. The first-order chi connectivity index (χ1) is 14.9. The fourth-order valence-corrected chi connectivity index (χ4v) is 4.27. The van der Waals surface area contributed by atoms with Gasteiger partial charge in [0, 0.05) is 18.6 Å². The molecule has 1 amide bonds. The zero-order valence-corrected chi connectivity index (χ0v) is 19.1. The van der Waals surface area contributed by atoms with E-state index in [0.717, 1.165) is 28.6 Å². The van der Waals surface area contributed by atoms with Crippen LogP contribution in [0.3, 0.4) is 0 Å². The van der Waals surface area contributed by atoms with Gasteiger partial charge in [-0.3, -0.25) is 14.7 Å². The molecule has 0 spiro atoms. The average molecular weight is 452 g/mol. The number of ether oxygens (including phenoxy) is 1. The second kappa shape index (κ2) is 9.12. The summed E-state index contributed by atoms with van der Waals surface area (Å²) in [7, 11) is 1.73. The molecule has 1 aliphatic heterocycles. The minimum atomic E-state index is -0.0951. The number of thioether (sulfide) groups is 1. The number of halogens is 1. The van der Waals surface area contributed by atoms with Crippen molar-refractivity contribution < 1.29 is 9.53 Å². The summed E-state index contributed by atoms with van der Waals surface area (Å²) >= 11 is 7.72. The molecule has 31 heavy (non-hydrogen) atoms. The third-order valence-corrected chi connectivity index (χ3v) is 6.33. The number of aliphatic imine (C=N–C) groups is 1. The topological polar surface area (TPSA) is 54.8 Å². The number of pyridine rings is 1. The number of fused-ring (bicyclic) bond motifs is 1. The quantitative estimate of drug-likeness (QED) is 0.427. The maximum Gasteiger partial charge on any atom is 0.266 e. The van der Waals surface area contributed by atoms with Gasteiger partial charge in [-0.05, 0) is 73.1 Å². The highest BCUT2D eigenvalue weighted by Crippen LogP contribution is 2.35. The van der Waals surface area contributed by atoms with Gasteiger partial charge in [-0.25, -0.2) is 4.99 Å². The number of carbonyl (C=O) groups is 1. The van der Waals surface area contributed by atoms with Gasteiger partial charge in [0.1, 0.15) is 5.75 Å². The van der Waals surface area contributed by atoms with Crippen LogP contribution in [-0.4, -0.2) is 34.1 Å². The molecule has 5 nitrogen and oxygen atoms in total. The Labute approximate surface area is 190 Å². The summed E-state index contributed by atoms with van der Waals surface area (Å²) in [6.45, 7) is 4.06. The first-order valence-corrected chi connectivity index (χ1v) is 11.2. The van der Waals surface area contributed by atoms with E-state index in [9.17, 15) is 4.79 Å². The molecule has 0 N–H and O–H groups in total. The highest BCUT2D eigenvalue weighted by atomic mass is 35.5. The van der Waals surface area contributed by atoms with Gasteiger partial charge in [0.25, 0.3) is 5.91 Å². The lowest BCUT2D eigenvalue weighted by Gasteiger charge is -2.14. The van der Waals surface area contributed by atoms with E-state index < -0.39 is 0 Å². The SMILES string of the molecule is CC[C@H](C)Oc1ccc(/C=C2\SC(=Nc3ccc4ncccc4c3)N(C)C2=O)cc1Cl. The fourth-order valence-electron chi connectivity index (χ4n) is 3.05. The lowest BCUT2D eigenvalue weighted by Crippen LogP contribution is -2.23. The van der Waals surface area contributed by atoms with Crippen LogP contribution in [0, 0.1) is 0 Å². The van der Waals surface area contributed by atoms with Crippen molar-refractivity contribution >= 4 is 57.1 Å². The van der Waals surface area contributed by atoms with Crippen molar-refractivity contribution in [3.8, 4) is 5.75 Å². The van der Waals surface area contributed by atoms with Crippen LogP contribution in [0.4, 0.5) is 5.69 Å². The third-order valence-electron chi connectivity index (χ3n) is 4.97. The summed E-state index contributed by atoms with van der Waals surface area (Å²) in [6.07, 6.45) is 4.58. The highest BCUT2D eigenvalue weighted by molar-refractivity contribution is 8.18. The van der Waals surface area contributed by atoms with Crippen LogP contribution < -0.4 is 4.74 Å². The summed E-state index contributed by atoms with van der Waals surface area (Å²) in [5.74, 6) is 0.552. The van der Waals surface area contributed by atoms with E-state index in [1.807, 2.05) is 61.5 Å². The van der Waals surface area contributed by atoms with Gasteiger partial charge in [0.15, 0.2) is 5.17 Å². The molecule has 0 aliphatic carbocycles. The number of carbonyl (C=O) groups excluding carboxylic acids is 1. The van der Waals surface area contributed by atoms with E-state index in [1.165, 1.54) is 11.8 Å². The summed E-state index contributed by atoms with van der Waals surface area (Å²) in [6, 6.07) is 15.2. The Morgan fingerprint density at radius 3 is 2.87 bits per heavy atom. The first kappa shape index (κ1) is 21.4. The van der Waals surface area contributed by atoms with E-state index in [-0.39, 0.29) is 12.0 Å². The second-order valence-electron chi connectivity index (χ2n) is 7.28. The standard InChI is InChI=1S/C24H22ClN3O2S/c1-4-15(2)30-21-10-7-16(12-19(21)25)13-22-23(29)28(3)24(31-22)27-18-8-9-20-17(14-18)6-5-11-26-20/h5-15H,4H2,1-3H3/b22-13-,27-24?/t15-/m0/s1. The summed E-state index contributed by atoms with van der Waals surface area (Å²) in [5, 5.41) is 2.16. The molecule has 0 unspecified atom stereocenters. The largest absolute Gasteiger partial charge is 0.489 e. The van der Waals surface area contributed by atoms with Gasteiger partial charge < -0.3 is 4.74 Å². The first-order valence-electron chi connectivity index (χ1n) is 10.0. The molecule has 1 aliphatic rings. The lowest BCUT2D eigenvalue weighted by molar-refractivity contribution is -0.121. The Kier molecular flexibility index (Phi) is 6.30. The number of hydrogen-bond acceptors (Lipinski definition) is 5. The Bertz CT molecular complexity index is 1210. The molecule has 1 saturated heterocycles. The molecule has 0 saturated carbocycles. The summed E-state index contributed by atoms with van der Waals surface area (Å²) in [5.41, 5.74) is 2.52. The maximum absolute atomic E-state index is 12.7. The van der Waals surface area contributed by atoms with Crippen LogP contribution in [-0.2, 0) is 4.79 Å². The zero-order chi connectivity index (χ0) is 22.0. The van der Waals surface area contributed by atoms with Gasteiger partial charge in [-0.1, -0.05) is 30.7 Å². The molecule has 4 rings (SSSR count). The molecule has 3 aromatic rings. The second-order valence-corrected chi connectivity index (χ2v) is 8.69. The van der Waals surface area contributed by atoms with Crippen LogP contribution in [0.5, 0.6) is 5.75 Å². The van der Waals surface area contributed by atoms with Crippen molar-refractivity contribution in [1.82, 2.24) is 9.88 Å². The minimum absolute atomic E-state index is 0.0898. The molecule has 1 fully saturated rings. The number of benzene rings is 2. The zero-order valence-electron chi connectivity index (χ0n) is 17.5. The molecule has 7 heteroatoms. The van der Waals surface area contributed by atoms with Crippen molar-refractivity contribution in [1.29, 1.82) is 0 Å². The van der Waals surface area contributed by atoms with E-state index >= 15 is 0 Å². The van der Waals surface area contributed by atoms with Crippen LogP contribution in [0.1, 0.15) is 25.8 Å². The predicted molar refractivity (Wildman–Crippen MR) is 129 cm³/mol. The van der Waals surface area contributed by atoms with E-state index in [2.05, 4.69) is 16.9 Å². The number of hydrogen-bond donors (Lipinski definition) is 0. The summed E-state index contributed by atoms with van der Waals surface area (Å²) in [4.78, 5) is 23.9. The number of rotatable bonds is 5. The molecule has 1 aromatic heterocycles. The maximum atomic E-state index is 12.7. The van der Waals surface area contributed by atoms with Crippen molar-refractivity contribution in [2.45, 2.75) is 26.4 Å². The number of nitrogens with zero attached hydrogens (tertiary/aromatic N) is 3. The van der Waals surface area contributed by atoms with Gasteiger partial charge in [-0.2, -0.15) is 0 Å². The number of aromatic nitrogens is 1. The molecular weight excluding hydrogens is 430 g/mol. The summed E-state index contributed by atoms with van der Waals surface area (Å²) < 4.78 is 5.81. The van der Waals surface area contributed by atoms with Gasteiger partial charge in [-0.15, -0.1) is 0 Å². The average Bonchev–Trinajstić information content (AvgIpc) is 3.03. The van der Waals surface area contributed by atoms with Crippen molar-refractivity contribution in [2.75, 3.05) is 7.05 Å². The molecule has 158 valence electrons. The van der Waals surface area contributed by atoms with E-state index in [0.29, 0.717) is 20.8 Å². The number of likely N-dealkylation sites (N-methyl/N-ethyl adjacent to an activating group) is 1. The van der Waals surface area contributed by atoms with Gasteiger partial charge in [0.05, 0.1) is 27.2 Å². The Morgan fingerprint density at radius 2 is 2.10 bits per heavy atom. The van der Waals surface area contributed by atoms with Crippen molar-refractivity contribution in [3.63, 3.8) is 0 Å². The van der Waals surface area contributed by atoms with Crippen LogP contribution >= 0.6 is 23.4 Å². The van der Waals surface area contributed by atoms with Gasteiger partial charge >= 0.3 is 0 Å². The normalized spacial score (nSPS) is 17.7. The third kappa shape index (κ3) is 4.75. The van der Waals surface area contributed by atoms with Gasteiger partial charge in [0.2, 0.25) is 0 Å². The van der Waals surface area contributed by atoms with E-state index in [1.54, 1.807) is 18.1 Å². The number of amides is 1. The van der Waals surface area contributed by atoms with Crippen molar-refractivity contribution in [3.05, 3.63) is 70.2 Å². The van der Waals surface area contributed by atoms with Crippen LogP contribution in [0.2, 0.25) is 5.02 Å². The van der Waals surface area contributed by atoms with Crippen LogP contribution in [0.15, 0.2) is 64.6 Å². The molecule has 2 heterocycles. The minimum Gasteiger partial charge on any atom is -0.489 e. The fraction of sp³-hybridized carbons (Fsp3) is 0.208. The predicted octanol–water partition coefficient (Wildman–Crippen LogP) is 6.30. The number of amidine groups is 1. The molecule has 2 aromatic carbocycles. The van der Waals surface area contributed by atoms with Crippen LogP contribution in [0.25, 0.3) is 17.0 Å². The molecule has 0 radical (unpaired) electrons.